The van der Waals surface area contributed by atoms with Crippen LogP contribution in [0.1, 0.15) is 27.3 Å². The van der Waals surface area contributed by atoms with Crippen LogP contribution in [0.15, 0.2) is 36.4 Å². The lowest BCUT2D eigenvalue weighted by atomic mass is 10.0. The van der Waals surface area contributed by atoms with E-state index in [4.69, 9.17) is 4.74 Å². The van der Waals surface area contributed by atoms with E-state index in [0.29, 0.717) is 17.1 Å². The number of benzene rings is 2. The molecule has 2 aromatic carbocycles. The lowest BCUT2D eigenvalue weighted by Crippen LogP contribution is -2.12. The molecule has 0 aliphatic heterocycles. The summed E-state index contributed by atoms with van der Waals surface area (Å²) >= 11 is 0. The number of aryl methyl sites for hydroxylation is 3. The summed E-state index contributed by atoms with van der Waals surface area (Å²) in [7, 11) is 1.63. The summed E-state index contributed by atoms with van der Waals surface area (Å²) in [4.78, 5) is 16.8. The van der Waals surface area contributed by atoms with Gasteiger partial charge < -0.3 is 10.1 Å². The zero-order valence-corrected chi connectivity index (χ0v) is 14.7. The molecule has 0 aliphatic rings. The molecule has 1 heterocycles. The number of hydrogen-bond donors (Lipinski definition) is 2. The highest BCUT2D eigenvalue weighted by atomic mass is 16.5. The molecular weight excluding hydrogens is 316 g/mol. The second kappa shape index (κ2) is 6.76. The number of rotatable bonds is 4. The van der Waals surface area contributed by atoms with Crippen LogP contribution in [0, 0.1) is 20.8 Å². The van der Waals surface area contributed by atoms with Crippen molar-refractivity contribution < 1.29 is 9.53 Å². The van der Waals surface area contributed by atoms with Crippen molar-refractivity contribution >= 4 is 11.6 Å². The van der Waals surface area contributed by atoms with Crippen LogP contribution >= 0.6 is 0 Å². The Hall–Kier alpha value is -3.15. The Morgan fingerprint density at radius 1 is 1.08 bits per heavy atom. The predicted octanol–water partition coefficient (Wildman–Crippen LogP) is 3.66. The molecule has 0 spiro atoms. The maximum absolute atomic E-state index is 12.5. The first-order chi connectivity index (χ1) is 12.0. The monoisotopic (exact) mass is 336 g/mol. The van der Waals surface area contributed by atoms with Crippen molar-refractivity contribution in [1.82, 2.24) is 15.2 Å². The second-order valence-corrected chi connectivity index (χ2v) is 5.92. The summed E-state index contributed by atoms with van der Waals surface area (Å²) in [5, 5.41) is 9.84. The first kappa shape index (κ1) is 16.7. The molecule has 0 aliphatic carbocycles. The van der Waals surface area contributed by atoms with Gasteiger partial charge in [0.2, 0.25) is 0 Å². The van der Waals surface area contributed by atoms with Crippen molar-refractivity contribution in [3.8, 4) is 17.1 Å². The number of carbonyl (C=O) groups excluding carboxylic acids is 1. The van der Waals surface area contributed by atoms with Crippen molar-refractivity contribution in [3.05, 3.63) is 58.9 Å². The Bertz CT molecular complexity index is 890. The number of carbonyl (C=O) groups is 1. The molecule has 0 saturated heterocycles. The van der Waals surface area contributed by atoms with E-state index in [1.165, 1.54) is 0 Å². The van der Waals surface area contributed by atoms with Gasteiger partial charge in [-0.15, -0.1) is 0 Å². The van der Waals surface area contributed by atoms with E-state index in [1.807, 2.05) is 57.2 Å². The molecule has 2 N–H and O–H groups in total. The van der Waals surface area contributed by atoms with Gasteiger partial charge in [-0.2, -0.15) is 5.10 Å². The van der Waals surface area contributed by atoms with Gasteiger partial charge in [-0.05, 0) is 68.3 Å². The molecule has 0 unspecified atom stereocenters. The number of hydrogen-bond acceptors (Lipinski definition) is 4. The number of H-pyrrole nitrogens is 1. The van der Waals surface area contributed by atoms with E-state index < -0.39 is 0 Å². The third kappa shape index (κ3) is 3.52. The molecule has 25 heavy (non-hydrogen) atoms. The van der Waals surface area contributed by atoms with E-state index >= 15 is 0 Å². The van der Waals surface area contributed by atoms with Gasteiger partial charge in [0, 0.05) is 16.8 Å². The third-order valence-electron chi connectivity index (χ3n) is 3.92. The van der Waals surface area contributed by atoms with Gasteiger partial charge in [0.1, 0.15) is 11.6 Å². The van der Waals surface area contributed by atoms with Gasteiger partial charge in [-0.25, -0.2) is 4.98 Å². The summed E-state index contributed by atoms with van der Waals surface area (Å²) in [6, 6.07) is 11.1. The van der Waals surface area contributed by atoms with Crippen LogP contribution in [-0.4, -0.2) is 28.2 Å². The van der Waals surface area contributed by atoms with Crippen molar-refractivity contribution in [2.24, 2.45) is 0 Å². The first-order valence-electron chi connectivity index (χ1n) is 7.94. The molecule has 0 saturated carbocycles. The maximum Gasteiger partial charge on any atom is 0.255 e. The van der Waals surface area contributed by atoms with E-state index in [1.54, 1.807) is 7.11 Å². The fourth-order valence-electron chi connectivity index (χ4n) is 2.78. The molecule has 6 nitrogen and oxygen atoms in total. The summed E-state index contributed by atoms with van der Waals surface area (Å²) in [6.07, 6.45) is 0. The van der Waals surface area contributed by atoms with Crippen LogP contribution in [-0.2, 0) is 0 Å². The molecule has 128 valence electrons. The Labute approximate surface area is 146 Å². The molecule has 0 bridgehead atoms. The number of anilines is 1. The van der Waals surface area contributed by atoms with Crippen LogP contribution in [0.25, 0.3) is 11.4 Å². The van der Waals surface area contributed by atoms with Crippen molar-refractivity contribution in [1.29, 1.82) is 0 Å². The quantitative estimate of drug-likeness (QED) is 0.762. The Morgan fingerprint density at radius 3 is 2.24 bits per heavy atom. The average Bonchev–Trinajstić information content (AvgIpc) is 3.01. The topological polar surface area (TPSA) is 79.9 Å². The minimum atomic E-state index is -0.157. The summed E-state index contributed by atoms with van der Waals surface area (Å²) < 4.78 is 5.34. The van der Waals surface area contributed by atoms with E-state index in [2.05, 4.69) is 20.5 Å². The van der Waals surface area contributed by atoms with Gasteiger partial charge in [-0.1, -0.05) is 0 Å². The number of nitrogens with zero attached hydrogens (tertiary/aromatic N) is 2. The molecule has 1 amide bonds. The van der Waals surface area contributed by atoms with Crippen LogP contribution in [0.5, 0.6) is 5.75 Å². The minimum Gasteiger partial charge on any atom is -0.496 e. The lowest BCUT2D eigenvalue weighted by molar-refractivity contribution is 0.102. The molecule has 0 radical (unpaired) electrons. The van der Waals surface area contributed by atoms with E-state index in [-0.39, 0.29) is 5.91 Å². The Morgan fingerprint density at radius 2 is 1.72 bits per heavy atom. The van der Waals surface area contributed by atoms with Crippen LogP contribution < -0.4 is 10.1 Å². The number of amides is 1. The number of aromatic nitrogens is 3. The normalized spacial score (nSPS) is 10.6. The van der Waals surface area contributed by atoms with Gasteiger partial charge in [0.15, 0.2) is 5.82 Å². The molecule has 6 heteroatoms. The summed E-state index contributed by atoms with van der Waals surface area (Å²) in [5.74, 6) is 2.05. The lowest BCUT2D eigenvalue weighted by Gasteiger charge is -2.11. The summed E-state index contributed by atoms with van der Waals surface area (Å²) in [6.45, 7) is 5.70. The van der Waals surface area contributed by atoms with Crippen molar-refractivity contribution in [2.45, 2.75) is 20.8 Å². The number of nitrogens with one attached hydrogen (secondary N) is 2. The number of methoxy groups -OCH3 is 1. The van der Waals surface area contributed by atoms with Gasteiger partial charge in [0.05, 0.1) is 7.11 Å². The van der Waals surface area contributed by atoms with E-state index in [0.717, 1.165) is 28.3 Å². The van der Waals surface area contributed by atoms with Gasteiger partial charge >= 0.3 is 0 Å². The molecule has 3 rings (SSSR count). The number of ether oxygens (including phenoxy) is 1. The highest BCUT2D eigenvalue weighted by Crippen LogP contribution is 2.25. The van der Waals surface area contributed by atoms with Gasteiger partial charge in [-0.3, -0.25) is 9.89 Å². The average molecular weight is 336 g/mol. The van der Waals surface area contributed by atoms with Crippen molar-refractivity contribution in [3.63, 3.8) is 0 Å². The summed E-state index contributed by atoms with van der Waals surface area (Å²) in [5.41, 5.74) is 4.07. The SMILES string of the molecule is COc1c(C)cc(C(=O)Nc2ccc(-c3n[nH]c(C)n3)cc2)cc1C. The predicted molar refractivity (Wildman–Crippen MR) is 97.0 cm³/mol. The molecular formula is C19H20N4O2. The molecule has 0 fully saturated rings. The van der Waals surface area contributed by atoms with Gasteiger partial charge in [0.25, 0.3) is 5.91 Å². The maximum atomic E-state index is 12.5. The first-order valence-corrected chi connectivity index (χ1v) is 7.94. The third-order valence-corrected chi connectivity index (χ3v) is 3.92. The zero-order valence-electron chi connectivity index (χ0n) is 14.7. The smallest absolute Gasteiger partial charge is 0.255 e. The standard InChI is InChI=1S/C19H20N4O2/c1-11-9-15(10-12(2)17(11)25-4)19(24)21-16-7-5-14(6-8-16)18-20-13(3)22-23-18/h5-10H,1-4H3,(H,21,24)(H,20,22,23). The van der Waals surface area contributed by atoms with E-state index in [9.17, 15) is 4.79 Å². The molecule has 3 aromatic rings. The fraction of sp³-hybridized carbons (Fsp3) is 0.211. The Balaban J connectivity index is 1.77. The Kier molecular flexibility index (Phi) is 4.52. The fourth-order valence-corrected chi connectivity index (χ4v) is 2.78. The highest BCUT2D eigenvalue weighted by molar-refractivity contribution is 6.04. The van der Waals surface area contributed by atoms with Crippen molar-refractivity contribution in [2.75, 3.05) is 12.4 Å². The largest absolute Gasteiger partial charge is 0.496 e. The minimum absolute atomic E-state index is 0.157. The zero-order chi connectivity index (χ0) is 18.0. The highest BCUT2D eigenvalue weighted by Gasteiger charge is 2.12. The van der Waals surface area contributed by atoms with Crippen LogP contribution in [0.4, 0.5) is 5.69 Å². The van der Waals surface area contributed by atoms with Crippen LogP contribution in [0.3, 0.4) is 0 Å². The second-order valence-electron chi connectivity index (χ2n) is 5.92. The molecule has 0 atom stereocenters. The number of aromatic amines is 1. The van der Waals surface area contributed by atoms with Crippen LogP contribution in [0.2, 0.25) is 0 Å². The molecule has 1 aromatic heterocycles.